The number of hydrogen-bond donors (Lipinski definition) is 1. The van der Waals surface area contributed by atoms with Crippen LogP contribution >= 0.6 is 23.2 Å². The first kappa shape index (κ1) is 21.1. The van der Waals surface area contributed by atoms with Gasteiger partial charge in [-0.05, 0) is 42.5 Å². The number of carbonyl (C=O) groups is 1. The number of aromatic nitrogens is 2. The van der Waals surface area contributed by atoms with E-state index in [1.165, 1.54) is 31.4 Å². The largest absolute Gasteiger partial charge is 0.497 e. The normalized spacial score (nSPS) is 11.3. The van der Waals surface area contributed by atoms with Gasteiger partial charge in [-0.15, -0.1) is 5.10 Å². The van der Waals surface area contributed by atoms with Crippen molar-refractivity contribution in [3.05, 3.63) is 52.5 Å². The zero-order valence-electron chi connectivity index (χ0n) is 15.1. The third kappa shape index (κ3) is 5.47. The van der Waals surface area contributed by atoms with Gasteiger partial charge in [0.2, 0.25) is 11.8 Å². The van der Waals surface area contributed by atoms with E-state index in [2.05, 4.69) is 15.5 Å². The molecule has 2 aromatic carbocycles. The fourth-order valence-corrected chi connectivity index (χ4v) is 4.14. The lowest BCUT2D eigenvalue weighted by molar-refractivity contribution is -0.115. The highest BCUT2D eigenvalue weighted by Gasteiger charge is 2.18. The lowest BCUT2D eigenvalue weighted by Gasteiger charge is -2.05. The van der Waals surface area contributed by atoms with Crippen molar-refractivity contribution in [2.24, 2.45) is 0 Å². The Labute approximate surface area is 176 Å². The maximum atomic E-state index is 12.3. The summed E-state index contributed by atoms with van der Waals surface area (Å²) in [5.41, 5.74) is 0.484. The van der Waals surface area contributed by atoms with Gasteiger partial charge in [-0.3, -0.25) is 10.1 Å². The number of ether oxygens (including phenoxy) is 1. The van der Waals surface area contributed by atoms with Crippen molar-refractivity contribution in [3.63, 3.8) is 0 Å². The average Bonchev–Trinajstić information content (AvgIpc) is 3.14. The van der Waals surface area contributed by atoms with Crippen molar-refractivity contribution in [1.29, 1.82) is 0 Å². The summed E-state index contributed by atoms with van der Waals surface area (Å²) in [6.45, 7) is 0. The van der Waals surface area contributed by atoms with Gasteiger partial charge < -0.3 is 9.15 Å². The minimum absolute atomic E-state index is 0.101. The van der Waals surface area contributed by atoms with Crippen LogP contribution in [0.4, 0.5) is 6.01 Å². The Morgan fingerprint density at radius 2 is 1.76 bits per heavy atom. The first-order valence-corrected chi connectivity index (χ1v) is 10.6. The lowest BCUT2D eigenvalue weighted by Crippen LogP contribution is -2.17. The van der Waals surface area contributed by atoms with Crippen molar-refractivity contribution >= 4 is 45.0 Å². The summed E-state index contributed by atoms with van der Waals surface area (Å²) in [5, 5.41) is 10.7. The molecule has 0 spiro atoms. The SMILES string of the molecule is COc1ccc(S(=O)(=O)CCC(=O)Nc2nnc(-c3cc(Cl)cc(Cl)c3)o2)cc1. The summed E-state index contributed by atoms with van der Waals surface area (Å²) in [6, 6.07) is 10.5. The average molecular weight is 456 g/mol. The van der Waals surface area contributed by atoms with Crippen molar-refractivity contribution < 1.29 is 22.4 Å². The van der Waals surface area contributed by atoms with Gasteiger partial charge in [0, 0.05) is 22.0 Å². The molecule has 8 nitrogen and oxygen atoms in total. The van der Waals surface area contributed by atoms with E-state index in [9.17, 15) is 13.2 Å². The van der Waals surface area contributed by atoms with Crippen LogP contribution in [-0.4, -0.2) is 37.4 Å². The van der Waals surface area contributed by atoms with Gasteiger partial charge in [0.05, 0.1) is 17.8 Å². The maximum Gasteiger partial charge on any atom is 0.322 e. The molecule has 0 bridgehead atoms. The summed E-state index contributed by atoms with van der Waals surface area (Å²) in [5.74, 6) is -0.317. The van der Waals surface area contributed by atoms with Crippen LogP contribution in [0, 0.1) is 0 Å². The number of nitrogens with zero attached hydrogens (tertiary/aromatic N) is 2. The van der Waals surface area contributed by atoms with Gasteiger partial charge in [0.1, 0.15) is 5.75 Å². The van der Waals surface area contributed by atoms with E-state index in [0.717, 1.165) is 0 Å². The van der Waals surface area contributed by atoms with Gasteiger partial charge in [0.15, 0.2) is 9.84 Å². The number of amides is 1. The van der Waals surface area contributed by atoms with Crippen molar-refractivity contribution in [3.8, 4) is 17.2 Å². The van der Waals surface area contributed by atoms with Crippen LogP contribution < -0.4 is 10.1 Å². The number of carbonyl (C=O) groups excluding carboxylic acids is 1. The molecule has 0 radical (unpaired) electrons. The van der Waals surface area contributed by atoms with Gasteiger partial charge in [-0.1, -0.05) is 28.3 Å². The van der Waals surface area contributed by atoms with Crippen LogP contribution in [-0.2, 0) is 14.6 Å². The molecule has 3 rings (SSSR count). The predicted octanol–water partition coefficient (Wildman–Crippen LogP) is 3.85. The molecule has 0 unspecified atom stereocenters. The molecule has 0 aliphatic rings. The molecule has 152 valence electrons. The van der Waals surface area contributed by atoms with E-state index in [4.69, 9.17) is 32.4 Å². The number of rotatable bonds is 7. The number of sulfone groups is 1. The van der Waals surface area contributed by atoms with Crippen LogP contribution in [0.3, 0.4) is 0 Å². The second-order valence-electron chi connectivity index (χ2n) is 5.86. The fourth-order valence-electron chi connectivity index (χ4n) is 2.38. The molecule has 0 saturated heterocycles. The van der Waals surface area contributed by atoms with Crippen LogP contribution in [0.25, 0.3) is 11.5 Å². The molecule has 0 atom stereocenters. The summed E-state index contributed by atoms with van der Waals surface area (Å²) < 4.78 is 35.0. The predicted molar refractivity (Wildman–Crippen MR) is 108 cm³/mol. The number of hydrogen-bond acceptors (Lipinski definition) is 7. The highest BCUT2D eigenvalue weighted by molar-refractivity contribution is 7.91. The third-order valence-corrected chi connectivity index (χ3v) is 5.97. The Morgan fingerprint density at radius 1 is 1.10 bits per heavy atom. The van der Waals surface area contributed by atoms with E-state index in [1.54, 1.807) is 18.2 Å². The molecule has 1 aromatic heterocycles. The molecular weight excluding hydrogens is 441 g/mol. The van der Waals surface area contributed by atoms with Crippen LogP contribution in [0.2, 0.25) is 10.0 Å². The smallest absolute Gasteiger partial charge is 0.322 e. The fraction of sp³-hybridized carbons (Fsp3) is 0.167. The minimum atomic E-state index is -3.63. The molecule has 0 aliphatic carbocycles. The Morgan fingerprint density at radius 3 is 2.38 bits per heavy atom. The molecular formula is C18H15Cl2N3O5S. The van der Waals surface area contributed by atoms with Crippen LogP contribution in [0.5, 0.6) is 5.75 Å². The summed E-state index contributed by atoms with van der Waals surface area (Å²) in [4.78, 5) is 12.2. The number of benzene rings is 2. The van der Waals surface area contributed by atoms with Crippen LogP contribution in [0.15, 0.2) is 51.8 Å². The van der Waals surface area contributed by atoms with Crippen molar-refractivity contribution in [1.82, 2.24) is 10.2 Å². The Bertz CT molecular complexity index is 1110. The second kappa shape index (κ2) is 8.81. The number of halogens is 2. The van der Waals surface area contributed by atoms with Gasteiger partial charge >= 0.3 is 6.01 Å². The van der Waals surface area contributed by atoms with Crippen LogP contribution in [0.1, 0.15) is 6.42 Å². The first-order chi connectivity index (χ1) is 13.8. The van der Waals surface area contributed by atoms with Gasteiger partial charge in [-0.2, -0.15) is 0 Å². The number of nitrogens with one attached hydrogen (secondary N) is 1. The van der Waals surface area contributed by atoms with E-state index in [0.29, 0.717) is 21.4 Å². The van der Waals surface area contributed by atoms with Gasteiger partial charge in [-0.25, -0.2) is 8.42 Å². The van der Waals surface area contributed by atoms with Crippen molar-refractivity contribution in [2.75, 3.05) is 18.2 Å². The molecule has 1 amide bonds. The molecule has 1 N–H and O–H groups in total. The lowest BCUT2D eigenvalue weighted by atomic mass is 10.2. The van der Waals surface area contributed by atoms with E-state index in [1.807, 2.05) is 0 Å². The first-order valence-electron chi connectivity index (χ1n) is 8.23. The summed E-state index contributed by atoms with van der Waals surface area (Å²) in [6.07, 6.45) is -0.283. The topological polar surface area (TPSA) is 111 Å². The molecule has 11 heteroatoms. The van der Waals surface area contributed by atoms with E-state index < -0.39 is 15.7 Å². The highest BCUT2D eigenvalue weighted by Crippen LogP contribution is 2.27. The quantitative estimate of drug-likeness (QED) is 0.575. The number of anilines is 1. The molecule has 0 fully saturated rings. The monoisotopic (exact) mass is 455 g/mol. The zero-order chi connectivity index (χ0) is 21.0. The number of methoxy groups -OCH3 is 1. The second-order valence-corrected chi connectivity index (χ2v) is 8.85. The molecule has 1 heterocycles. The Hall–Kier alpha value is -2.62. The summed E-state index contributed by atoms with van der Waals surface area (Å²) in [7, 11) is -2.15. The standard InChI is InChI=1S/C18H15Cl2N3O5S/c1-27-14-2-4-15(5-3-14)29(25,26)7-6-16(24)21-18-23-22-17(28-18)11-8-12(19)10-13(20)9-11/h2-5,8-10H,6-7H2,1H3,(H,21,23,24). The minimum Gasteiger partial charge on any atom is -0.497 e. The highest BCUT2D eigenvalue weighted by atomic mass is 35.5. The van der Waals surface area contributed by atoms with Gasteiger partial charge in [0.25, 0.3) is 0 Å². The van der Waals surface area contributed by atoms with E-state index >= 15 is 0 Å². The molecule has 3 aromatic rings. The Balaban J connectivity index is 1.61. The Kier molecular flexibility index (Phi) is 6.41. The zero-order valence-corrected chi connectivity index (χ0v) is 17.4. The van der Waals surface area contributed by atoms with Crippen molar-refractivity contribution in [2.45, 2.75) is 11.3 Å². The molecule has 29 heavy (non-hydrogen) atoms. The maximum absolute atomic E-state index is 12.3. The molecule has 0 aliphatic heterocycles. The van der Waals surface area contributed by atoms with E-state index in [-0.39, 0.29) is 29.0 Å². The summed E-state index contributed by atoms with van der Waals surface area (Å²) >= 11 is 11.9. The third-order valence-electron chi connectivity index (χ3n) is 3.80. The molecule has 0 saturated carbocycles.